The van der Waals surface area contributed by atoms with Crippen molar-refractivity contribution < 1.29 is 9.53 Å². The van der Waals surface area contributed by atoms with Gasteiger partial charge in [-0.05, 0) is 66.4 Å². The molecule has 3 heterocycles. The summed E-state index contributed by atoms with van der Waals surface area (Å²) in [6.45, 7) is 1.76. The molecular weight excluding hydrogens is 428 g/mol. The molecule has 0 amide bonds. The van der Waals surface area contributed by atoms with Gasteiger partial charge >= 0.3 is 5.97 Å². The summed E-state index contributed by atoms with van der Waals surface area (Å²) < 4.78 is 5.43. The molecule has 32 heavy (non-hydrogen) atoms. The number of ether oxygens (including phenoxy) is 1. The molecular formula is C24H19ClN4O3. The molecule has 0 radical (unpaired) electrons. The Labute approximate surface area is 188 Å². The number of nitrogens with one attached hydrogen (secondary N) is 1. The van der Waals surface area contributed by atoms with Gasteiger partial charge in [0.15, 0.2) is 5.65 Å². The predicted molar refractivity (Wildman–Crippen MR) is 123 cm³/mol. The van der Waals surface area contributed by atoms with Gasteiger partial charge in [-0.1, -0.05) is 23.7 Å². The van der Waals surface area contributed by atoms with Crippen molar-refractivity contribution in [2.45, 2.75) is 12.8 Å². The van der Waals surface area contributed by atoms with E-state index in [9.17, 15) is 9.59 Å². The molecule has 0 saturated carbocycles. The SMILES string of the molecule is O=C(Oc1ccc(-c2ccnc3nc(N4CCCC4)[nH]c(=O)c23)cc1)c1ccc(Cl)cc1. The Kier molecular flexibility index (Phi) is 5.33. The van der Waals surface area contributed by atoms with E-state index < -0.39 is 5.97 Å². The first-order chi connectivity index (χ1) is 15.6. The zero-order valence-corrected chi connectivity index (χ0v) is 17.8. The van der Waals surface area contributed by atoms with Crippen molar-refractivity contribution in [2.75, 3.05) is 18.0 Å². The Morgan fingerprint density at radius 3 is 2.44 bits per heavy atom. The lowest BCUT2D eigenvalue weighted by Crippen LogP contribution is -2.24. The van der Waals surface area contributed by atoms with Gasteiger partial charge in [-0.15, -0.1) is 0 Å². The first-order valence-corrected chi connectivity index (χ1v) is 10.7. The van der Waals surface area contributed by atoms with Crippen LogP contribution in [0, 0.1) is 0 Å². The van der Waals surface area contributed by atoms with Gasteiger partial charge in [0, 0.05) is 24.3 Å². The smallest absolute Gasteiger partial charge is 0.343 e. The van der Waals surface area contributed by atoms with Gasteiger partial charge < -0.3 is 9.64 Å². The van der Waals surface area contributed by atoms with Crippen LogP contribution in [0.15, 0.2) is 65.6 Å². The third-order valence-corrected chi connectivity index (χ3v) is 5.71. The van der Waals surface area contributed by atoms with Crippen molar-refractivity contribution in [3.63, 3.8) is 0 Å². The number of H-pyrrole nitrogens is 1. The maximum Gasteiger partial charge on any atom is 0.343 e. The molecule has 8 heteroatoms. The minimum atomic E-state index is -0.473. The van der Waals surface area contributed by atoms with Crippen LogP contribution >= 0.6 is 11.6 Å². The highest BCUT2D eigenvalue weighted by molar-refractivity contribution is 6.30. The number of fused-ring (bicyclic) bond motifs is 1. The Hall–Kier alpha value is -3.71. The Morgan fingerprint density at radius 2 is 1.72 bits per heavy atom. The highest BCUT2D eigenvalue weighted by atomic mass is 35.5. The highest BCUT2D eigenvalue weighted by Gasteiger charge is 2.18. The van der Waals surface area contributed by atoms with Crippen LogP contribution in [0.1, 0.15) is 23.2 Å². The summed E-state index contributed by atoms with van der Waals surface area (Å²) >= 11 is 5.86. The number of carbonyl (C=O) groups is 1. The van der Waals surface area contributed by atoms with E-state index >= 15 is 0 Å². The fourth-order valence-electron chi connectivity index (χ4n) is 3.83. The molecule has 0 atom stereocenters. The number of benzene rings is 2. The molecule has 5 rings (SSSR count). The summed E-state index contributed by atoms with van der Waals surface area (Å²) in [5, 5.41) is 0.980. The predicted octanol–water partition coefficient (Wildman–Crippen LogP) is 4.46. The van der Waals surface area contributed by atoms with E-state index in [2.05, 4.69) is 19.9 Å². The number of carbonyl (C=O) groups excluding carboxylic acids is 1. The normalized spacial score (nSPS) is 13.5. The van der Waals surface area contributed by atoms with Crippen molar-refractivity contribution in [3.05, 3.63) is 81.7 Å². The van der Waals surface area contributed by atoms with Gasteiger partial charge in [-0.2, -0.15) is 4.98 Å². The molecule has 0 unspecified atom stereocenters. The number of halogens is 1. The lowest BCUT2D eigenvalue weighted by Gasteiger charge is -2.16. The first-order valence-electron chi connectivity index (χ1n) is 10.3. The number of aromatic nitrogens is 3. The fraction of sp³-hybridized carbons (Fsp3) is 0.167. The maximum atomic E-state index is 12.9. The van der Waals surface area contributed by atoms with E-state index in [1.165, 1.54) is 0 Å². The minimum Gasteiger partial charge on any atom is -0.423 e. The summed E-state index contributed by atoms with van der Waals surface area (Å²) in [6, 6.07) is 15.2. The van der Waals surface area contributed by atoms with Gasteiger partial charge in [-0.3, -0.25) is 9.78 Å². The van der Waals surface area contributed by atoms with Crippen LogP contribution in [0.4, 0.5) is 5.95 Å². The number of esters is 1. The zero-order chi connectivity index (χ0) is 22.1. The van der Waals surface area contributed by atoms with E-state index in [0.717, 1.165) is 31.5 Å². The Bertz CT molecular complexity index is 1340. The lowest BCUT2D eigenvalue weighted by atomic mass is 10.0. The van der Waals surface area contributed by atoms with Gasteiger partial charge in [0.05, 0.1) is 10.9 Å². The molecule has 1 saturated heterocycles. The number of rotatable bonds is 4. The van der Waals surface area contributed by atoms with Crippen LogP contribution in [-0.4, -0.2) is 34.0 Å². The number of pyridine rings is 1. The highest BCUT2D eigenvalue weighted by Crippen LogP contribution is 2.27. The van der Waals surface area contributed by atoms with Gasteiger partial charge in [0.1, 0.15) is 5.75 Å². The van der Waals surface area contributed by atoms with Crippen molar-refractivity contribution in [1.29, 1.82) is 0 Å². The van der Waals surface area contributed by atoms with Crippen LogP contribution in [0.3, 0.4) is 0 Å². The molecule has 160 valence electrons. The Morgan fingerprint density at radius 1 is 1.00 bits per heavy atom. The van der Waals surface area contributed by atoms with Gasteiger partial charge in [0.2, 0.25) is 5.95 Å². The number of aromatic amines is 1. The third kappa shape index (κ3) is 3.94. The molecule has 1 aliphatic heterocycles. The molecule has 0 bridgehead atoms. The molecule has 4 aromatic rings. The van der Waals surface area contributed by atoms with Crippen LogP contribution in [0.5, 0.6) is 5.75 Å². The fourth-order valence-corrected chi connectivity index (χ4v) is 3.95. The summed E-state index contributed by atoms with van der Waals surface area (Å²) in [5.74, 6) is 0.489. The van der Waals surface area contributed by atoms with Crippen LogP contribution in [0.25, 0.3) is 22.2 Å². The van der Waals surface area contributed by atoms with Crippen molar-refractivity contribution in [3.8, 4) is 16.9 Å². The largest absolute Gasteiger partial charge is 0.423 e. The maximum absolute atomic E-state index is 12.9. The second kappa shape index (κ2) is 8.43. The molecule has 0 spiro atoms. The number of hydrogen-bond donors (Lipinski definition) is 1. The monoisotopic (exact) mass is 446 g/mol. The molecule has 1 aliphatic rings. The average Bonchev–Trinajstić information content (AvgIpc) is 3.35. The first kappa shape index (κ1) is 20.2. The van der Waals surface area contributed by atoms with Crippen LogP contribution in [-0.2, 0) is 0 Å². The second-order valence-corrected chi connectivity index (χ2v) is 8.00. The second-order valence-electron chi connectivity index (χ2n) is 7.56. The third-order valence-electron chi connectivity index (χ3n) is 5.46. The number of anilines is 1. The van der Waals surface area contributed by atoms with E-state index in [1.807, 2.05) is 0 Å². The number of nitrogens with zero attached hydrogens (tertiary/aromatic N) is 3. The number of hydrogen-bond acceptors (Lipinski definition) is 6. The topological polar surface area (TPSA) is 88.2 Å². The average molecular weight is 447 g/mol. The lowest BCUT2D eigenvalue weighted by molar-refractivity contribution is 0.0735. The molecule has 2 aromatic heterocycles. The molecule has 7 nitrogen and oxygen atoms in total. The van der Waals surface area contributed by atoms with E-state index in [1.54, 1.807) is 60.8 Å². The quantitative estimate of drug-likeness (QED) is 0.368. The standard InChI is InChI=1S/C24H19ClN4O3/c25-17-7-3-16(4-8-17)23(31)32-18-9-5-15(6-10-18)19-11-12-26-21-20(19)22(30)28-24(27-21)29-13-1-2-14-29/h3-12H,1-2,13-14H2,(H,26,27,28,30). The van der Waals surface area contributed by atoms with Gasteiger partial charge in [0.25, 0.3) is 5.56 Å². The molecule has 0 aliphatic carbocycles. The van der Waals surface area contributed by atoms with Crippen molar-refractivity contribution >= 4 is 34.6 Å². The molecule has 2 aromatic carbocycles. The summed E-state index contributed by atoms with van der Waals surface area (Å²) in [5.41, 5.74) is 2.10. The Balaban J connectivity index is 1.43. The summed E-state index contributed by atoms with van der Waals surface area (Å²) in [4.78, 5) is 39.1. The van der Waals surface area contributed by atoms with E-state index in [0.29, 0.717) is 38.9 Å². The minimum absolute atomic E-state index is 0.224. The van der Waals surface area contributed by atoms with Crippen LogP contribution < -0.4 is 15.2 Å². The van der Waals surface area contributed by atoms with E-state index in [4.69, 9.17) is 16.3 Å². The van der Waals surface area contributed by atoms with Crippen molar-refractivity contribution in [2.24, 2.45) is 0 Å². The molecule has 1 fully saturated rings. The van der Waals surface area contributed by atoms with Crippen molar-refractivity contribution in [1.82, 2.24) is 15.0 Å². The molecule has 1 N–H and O–H groups in total. The van der Waals surface area contributed by atoms with Gasteiger partial charge in [-0.25, -0.2) is 9.78 Å². The summed E-state index contributed by atoms with van der Waals surface area (Å²) in [6.07, 6.45) is 3.82. The van der Waals surface area contributed by atoms with E-state index in [-0.39, 0.29) is 5.56 Å². The summed E-state index contributed by atoms with van der Waals surface area (Å²) in [7, 11) is 0. The van der Waals surface area contributed by atoms with Crippen LogP contribution in [0.2, 0.25) is 5.02 Å². The zero-order valence-electron chi connectivity index (χ0n) is 17.0.